The predicted molar refractivity (Wildman–Crippen MR) is 110 cm³/mol. The molecule has 1 fully saturated rings. The third kappa shape index (κ3) is 6.10. The van der Waals surface area contributed by atoms with Crippen molar-refractivity contribution in [1.82, 2.24) is 10.3 Å². The molecule has 3 rings (SSSR count). The lowest BCUT2D eigenvalue weighted by atomic mass is 9.96. The minimum absolute atomic E-state index is 0.0125. The fourth-order valence-corrected chi connectivity index (χ4v) is 4.14. The van der Waals surface area contributed by atoms with Gasteiger partial charge in [-0.1, -0.05) is 18.2 Å². The highest BCUT2D eigenvalue weighted by Crippen LogP contribution is 2.30. The molecule has 2 heterocycles. The Labute approximate surface area is 177 Å². The summed E-state index contributed by atoms with van der Waals surface area (Å²) >= 11 is 1.56. The summed E-state index contributed by atoms with van der Waals surface area (Å²) in [5, 5.41) is 2.92. The molecule has 1 N–H and O–H groups in total. The lowest BCUT2D eigenvalue weighted by Gasteiger charge is -2.32. The molecule has 2 aromatic rings. The molecule has 1 saturated heterocycles. The Morgan fingerprint density at radius 3 is 2.53 bits per heavy atom. The van der Waals surface area contributed by atoms with E-state index in [9.17, 15) is 22.4 Å². The maximum absolute atomic E-state index is 13.6. The molecule has 0 saturated carbocycles. The van der Waals surface area contributed by atoms with Gasteiger partial charge in [0.25, 0.3) is 0 Å². The van der Waals surface area contributed by atoms with Crippen LogP contribution in [0.2, 0.25) is 0 Å². The van der Waals surface area contributed by atoms with Crippen LogP contribution in [0.25, 0.3) is 0 Å². The first-order chi connectivity index (χ1) is 14.3. The van der Waals surface area contributed by atoms with Crippen molar-refractivity contribution in [2.24, 2.45) is 5.92 Å². The number of benzene rings is 1. The van der Waals surface area contributed by atoms with Gasteiger partial charge in [-0.05, 0) is 36.6 Å². The zero-order valence-electron chi connectivity index (χ0n) is 16.3. The lowest BCUT2D eigenvalue weighted by molar-refractivity contribution is -0.137. The zero-order chi connectivity index (χ0) is 21.6. The van der Waals surface area contributed by atoms with Gasteiger partial charge in [0, 0.05) is 43.3 Å². The van der Waals surface area contributed by atoms with Crippen molar-refractivity contribution in [2.45, 2.75) is 24.8 Å². The molecule has 0 bridgehead atoms. The van der Waals surface area contributed by atoms with E-state index in [1.165, 1.54) is 12.1 Å². The Balaban J connectivity index is 1.36. The van der Waals surface area contributed by atoms with Gasteiger partial charge in [0.2, 0.25) is 5.91 Å². The molecule has 1 amide bonds. The second-order valence-electron chi connectivity index (χ2n) is 7.10. The van der Waals surface area contributed by atoms with Crippen LogP contribution < -0.4 is 10.2 Å². The van der Waals surface area contributed by atoms with Crippen LogP contribution >= 0.6 is 11.8 Å². The topological polar surface area (TPSA) is 45.2 Å². The Hall–Kier alpha value is -2.29. The summed E-state index contributed by atoms with van der Waals surface area (Å²) in [5.41, 5.74) is -0.119. The number of alkyl halides is 3. The number of carbonyl (C=O) groups excluding carboxylic acids is 1. The summed E-state index contributed by atoms with van der Waals surface area (Å²) in [6.07, 6.45) is -2.31. The van der Waals surface area contributed by atoms with Crippen molar-refractivity contribution in [2.75, 3.05) is 30.3 Å². The van der Waals surface area contributed by atoms with E-state index in [4.69, 9.17) is 0 Å². The first kappa shape index (κ1) is 22.4. The minimum atomic E-state index is -4.40. The molecule has 0 radical (unpaired) electrons. The number of nitrogens with zero attached hydrogens (tertiary/aromatic N) is 2. The Morgan fingerprint density at radius 2 is 1.90 bits per heavy atom. The second-order valence-corrected chi connectivity index (χ2v) is 8.20. The molecular weight excluding hydrogens is 418 g/mol. The van der Waals surface area contributed by atoms with Crippen LogP contribution in [0.5, 0.6) is 0 Å². The number of carbonyl (C=O) groups is 1. The van der Waals surface area contributed by atoms with Gasteiger partial charge in [0.1, 0.15) is 11.6 Å². The number of aromatic nitrogens is 1. The molecule has 1 aromatic heterocycles. The van der Waals surface area contributed by atoms with Crippen LogP contribution in [0.15, 0.2) is 42.6 Å². The number of anilines is 1. The summed E-state index contributed by atoms with van der Waals surface area (Å²) in [5.74, 6) is 1.39. The number of piperidine rings is 1. The number of thioether (sulfide) groups is 1. The van der Waals surface area contributed by atoms with Crippen LogP contribution in [0.4, 0.5) is 23.4 Å². The van der Waals surface area contributed by atoms with Crippen molar-refractivity contribution < 1.29 is 22.4 Å². The van der Waals surface area contributed by atoms with Crippen LogP contribution in [0.1, 0.15) is 24.0 Å². The SMILES string of the molecule is O=C(NCCSCc1ccccc1F)C1CCN(c2ccc(C(F)(F)F)cn2)CC1. The minimum Gasteiger partial charge on any atom is -0.357 e. The van der Waals surface area contributed by atoms with E-state index >= 15 is 0 Å². The normalized spacial score (nSPS) is 15.3. The number of halogens is 4. The molecule has 0 spiro atoms. The van der Waals surface area contributed by atoms with Crippen molar-refractivity contribution in [1.29, 1.82) is 0 Å². The summed E-state index contributed by atoms with van der Waals surface area (Å²) < 4.78 is 51.5. The van der Waals surface area contributed by atoms with Gasteiger partial charge in [-0.3, -0.25) is 4.79 Å². The van der Waals surface area contributed by atoms with Crippen molar-refractivity contribution >= 4 is 23.5 Å². The molecule has 30 heavy (non-hydrogen) atoms. The average Bonchev–Trinajstić information content (AvgIpc) is 2.74. The molecular formula is C21H23F4N3OS. The quantitative estimate of drug-likeness (QED) is 0.508. The predicted octanol–water partition coefficient (Wildman–Crippen LogP) is 4.51. The smallest absolute Gasteiger partial charge is 0.357 e. The number of nitrogens with one attached hydrogen (secondary N) is 1. The molecule has 1 aliphatic heterocycles. The maximum Gasteiger partial charge on any atom is 0.417 e. The molecule has 9 heteroatoms. The average molecular weight is 441 g/mol. The summed E-state index contributed by atoms with van der Waals surface area (Å²) in [6.45, 7) is 1.65. The van der Waals surface area contributed by atoms with Gasteiger partial charge >= 0.3 is 6.18 Å². The van der Waals surface area contributed by atoms with Gasteiger partial charge in [-0.15, -0.1) is 0 Å². The zero-order valence-corrected chi connectivity index (χ0v) is 17.1. The summed E-state index contributed by atoms with van der Waals surface area (Å²) in [7, 11) is 0. The maximum atomic E-state index is 13.6. The monoisotopic (exact) mass is 441 g/mol. The van der Waals surface area contributed by atoms with E-state index < -0.39 is 11.7 Å². The van der Waals surface area contributed by atoms with E-state index in [0.29, 0.717) is 55.4 Å². The van der Waals surface area contributed by atoms with Gasteiger partial charge in [0.15, 0.2) is 0 Å². The second kappa shape index (κ2) is 10.1. The Bertz CT molecular complexity index is 837. The van der Waals surface area contributed by atoms with Gasteiger partial charge in [0.05, 0.1) is 5.56 Å². The molecule has 1 aromatic carbocycles. The highest BCUT2D eigenvalue weighted by molar-refractivity contribution is 7.98. The molecule has 4 nitrogen and oxygen atoms in total. The molecule has 1 aliphatic rings. The van der Waals surface area contributed by atoms with Gasteiger partial charge in [-0.2, -0.15) is 24.9 Å². The van der Waals surface area contributed by atoms with E-state index in [2.05, 4.69) is 10.3 Å². The number of pyridine rings is 1. The largest absolute Gasteiger partial charge is 0.417 e. The number of amides is 1. The standard InChI is InChI=1S/C21H23F4N3OS/c22-18-4-2-1-3-16(18)14-30-12-9-26-20(29)15-7-10-28(11-8-15)19-6-5-17(13-27-19)21(23,24)25/h1-6,13,15H,7-12,14H2,(H,26,29). The highest BCUT2D eigenvalue weighted by atomic mass is 32.2. The number of rotatable bonds is 7. The first-order valence-electron chi connectivity index (χ1n) is 9.71. The summed E-state index contributed by atoms with van der Waals surface area (Å²) in [4.78, 5) is 18.2. The molecule has 162 valence electrons. The van der Waals surface area contributed by atoms with Gasteiger partial charge in [-0.25, -0.2) is 9.37 Å². The van der Waals surface area contributed by atoms with Crippen molar-refractivity contribution in [3.05, 3.63) is 59.5 Å². The molecule has 0 atom stereocenters. The fraction of sp³-hybridized carbons (Fsp3) is 0.429. The van der Waals surface area contributed by atoms with Crippen LogP contribution in [-0.4, -0.2) is 36.3 Å². The Morgan fingerprint density at radius 1 is 1.17 bits per heavy atom. The van der Waals surface area contributed by atoms with Crippen LogP contribution in [-0.2, 0) is 16.7 Å². The van der Waals surface area contributed by atoms with Crippen molar-refractivity contribution in [3.8, 4) is 0 Å². The van der Waals surface area contributed by atoms with Crippen molar-refractivity contribution in [3.63, 3.8) is 0 Å². The van der Waals surface area contributed by atoms with Crippen LogP contribution in [0, 0.1) is 11.7 Å². The lowest BCUT2D eigenvalue weighted by Crippen LogP contribution is -2.41. The van der Waals surface area contributed by atoms with Crippen LogP contribution in [0.3, 0.4) is 0 Å². The number of hydrogen-bond acceptors (Lipinski definition) is 4. The first-order valence-corrected chi connectivity index (χ1v) is 10.9. The highest BCUT2D eigenvalue weighted by Gasteiger charge is 2.31. The molecule has 0 aliphatic carbocycles. The van der Waals surface area contributed by atoms with E-state index in [1.54, 1.807) is 30.0 Å². The van der Waals surface area contributed by atoms with Gasteiger partial charge < -0.3 is 10.2 Å². The van der Waals surface area contributed by atoms with E-state index in [0.717, 1.165) is 12.3 Å². The molecule has 0 unspecified atom stereocenters. The fourth-order valence-electron chi connectivity index (χ4n) is 3.30. The third-order valence-electron chi connectivity index (χ3n) is 5.03. The van der Waals surface area contributed by atoms with E-state index in [1.807, 2.05) is 4.90 Å². The number of hydrogen-bond donors (Lipinski definition) is 1. The third-order valence-corrected chi connectivity index (χ3v) is 6.03. The van der Waals surface area contributed by atoms with E-state index in [-0.39, 0.29) is 17.6 Å². The Kier molecular flexibility index (Phi) is 7.58. The summed E-state index contributed by atoms with van der Waals surface area (Å²) in [6, 6.07) is 9.04.